The second kappa shape index (κ2) is 5.99. The number of halogens is 2. The number of nitrogens with zero attached hydrogens (tertiary/aromatic N) is 3. The molecule has 0 atom stereocenters. The Labute approximate surface area is 120 Å². The molecule has 0 aliphatic rings. The van der Waals surface area contributed by atoms with Crippen LogP contribution >= 0.6 is 0 Å². The Morgan fingerprint density at radius 3 is 2.71 bits per heavy atom. The molecule has 0 bridgehead atoms. The Morgan fingerprint density at radius 1 is 1.38 bits per heavy atom. The smallest absolute Gasteiger partial charge is 0.360 e. The number of aromatic nitrogens is 3. The number of methoxy groups -OCH3 is 1. The van der Waals surface area contributed by atoms with Gasteiger partial charge in [0.2, 0.25) is 0 Å². The third-order valence-corrected chi connectivity index (χ3v) is 3.05. The Morgan fingerprint density at radius 2 is 2.10 bits per heavy atom. The summed E-state index contributed by atoms with van der Waals surface area (Å²) in [5.41, 5.74) is 0.744. The first-order chi connectivity index (χ1) is 9.95. The number of hydrogen-bond acceptors (Lipinski definition) is 4. The zero-order valence-electron chi connectivity index (χ0n) is 11.9. The molecule has 7 heteroatoms. The van der Waals surface area contributed by atoms with E-state index >= 15 is 0 Å². The summed E-state index contributed by atoms with van der Waals surface area (Å²) in [6.07, 6.45) is 0. The summed E-state index contributed by atoms with van der Waals surface area (Å²) in [5.74, 6) is -2.54. The molecular formula is C14H15F2N3O2. The van der Waals surface area contributed by atoms with E-state index in [0.29, 0.717) is 5.69 Å². The normalized spacial score (nSPS) is 11.0. The van der Waals surface area contributed by atoms with Crippen LogP contribution in [0.4, 0.5) is 8.78 Å². The average Bonchev–Trinajstić information content (AvgIpc) is 2.87. The topological polar surface area (TPSA) is 57.0 Å². The first-order valence-electron chi connectivity index (χ1n) is 6.40. The van der Waals surface area contributed by atoms with Gasteiger partial charge in [-0.05, 0) is 12.0 Å². The van der Waals surface area contributed by atoms with Gasteiger partial charge in [-0.15, -0.1) is 5.10 Å². The van der Waals surface area contributed by atoms with E-state index in [2.05, 4.69) is 15.0 Å². The number of ether oxygens (including phenoxy) is 1. The van der Waals surface area contributed by atoms with Crippen molar-refractivity contribution in [2.24, 2.45) is 0 Å². The summed E-state index contributed by atoms with van der Waals surface area (Å²) in [6.45, 7) is 3.69. The summed E-state index contributed by atoms with van der Waals surface area (Å²) in [7, 11) is 1.25. The molecular weight excluding hydrogens is 280 g/mol. The van der Waals surface area contributed by atoms with Gasteiger partial charge < -0.3 is 4.74 Å². The molecule has 0 N–H and O–H groups in total. The second-order valence-corrected chi connectivity index (χ2v) is 4.84. The molecule has 0 radical (unpaired) electrons. The molecule has 2 rings (SSSR count). The summed E-state index contributed by atoms with van der Waals surface area (Å²) >= 11 is 0. The zero-order valence-corrected chi connectivity index (χ0v) is 11.9. The third kappa shape index (κ3) is 2.91. The molecule has 1 heterocycles. The van der Waals surface area contributed by atoms with E-state index in [1.807, 2.05) is 13.8 Å². The average molecular weight is 295 g/mol. The predicted octanol–water partition coefficient (Wildman–Crippen LogP) is 2.51. The fraction of sp³-hybridized carbons (Fsp3) is 0.357. The maximum atomic E-state index is 13.7. The van der Waals surface area contributed by atoms with Gasteiger partial charge in [0.05, 0.1) is 19.3 Å². The Hall–Kier alpha value is -2.31. The van der Waals surface area contributed by atoms with Crippen LogP contribution in [0.15, 0.2) is 18.2 Å². The van der Waals surface area contributed by atoms with Crippen molar-refractivity contribution in [2.45, 2.75) is 26.3 Å². The summed E-state index contributed by atoms with van der Waals surface area (Å²) in [5, 5.41) is 7.63. The van der Waals surface area contributed by atoms with Crippen molar-refractivity contribution in [1.29, 1.82) is 0 Å². The van der Waals surface area contributed by atoms with Gasteiger partial charge in [0, 0.05) is 5.56 Å². The van der Waals surface area contributed by atoms with E-state index < -0.39 is 17.6 Å². The van der Waals surface area contributed by atoms with E-state index in [1.165, 1.54) is 23.9 Å². The fourth-order valence-electron chi connectivity index (χ4n) is 2.08. The van der Waals surface area contributed by atoms with Gasteiger partial charge in [-0.25, -0.2) is 18.3 Å². The minimum absolute atomic E-state index is 0.0128. The van der Waals surface area contributed by atoms with Crippen LogP contribution in [0.25, 0.3) is 0 Å². The van der Waals surface area contributed by atoms with Crippen molar-refractivity contribution in [1.82, 2.24) is 15.0 Å². The molecule has 0 amide bonds. The molecule has 1 aromatic carbocycles. The molecule has 21 heavy (non-hydrogen) atoms. The number of esters is 1. The Kier molecular flexibility index (Phi) is 4.30. The highest BCUT2D eigenvalue weighted by molar-refractivity contribution is 5.88. The predicted molar refractivity (Wildman–Crippen MR) is 70.9 cm³/mol. The van der Waals surface area contributed by atoms with Gasteiger partial charge in [0.15, 0.2) is 17.3 Å². The molecule has 0 unspecified atom stereocenters. The van der Waals surface area contributed by atoms with E-state index in [9.17, 15) is 13.6 Å². The van der Waals surface area contributed by atoms with Gasteiger partial charge in [-0.3, -0.25) is 0 Å². The fourth-order valence-corrected chi connectivity index (χ4v) is 2.08. The van der Waals surface area contributed by atoms with Crippen LogP contribution in [0.3, 0.4) is 0 Å². The quantitative estimate of drug-likeness (QED) is 0.813. The van der Waals surface area contributed by atoms with Crippen LogP contribution < -0.4 is 0 Å². The minimum atomic E-state index is -0.928. The molecule has 0 saturated heterocycles. The summed E-state index contributed by atoms with van der Waals surface area (Å²) in [6, 6.07) is 3.92. The van der Waals surface area contributed by atoms with Crippen molar-refractivity contribution in [2.75, 3.05) is 7.11 Å². The largest absolute Gasteiger partial charge is 0.464 e. The van der Waals surface area contributed by atoms with E-state index in [-0.39, 0.29) is 23.7 Å². The SMILES string of the molecule is COC(=O)c1nnn(Cc2cccc(F)c2F)c1C(C)C. The lowest BCUT2D eigenvalue weighted by atomic mass is 10.1. The zero-order chi connectivity index (χ0) is 15.6. The summed E-state index contributed by atoms with van der Waals surface area (Å²) in [4.78, 5) is 11.7. The highest BCUT2D eigenvalue weighted by Crippen LogP contribution is 2.20. The third-order valence-electron chi connectivity index (χ3n) is 3.05. The minimum Gasteiger partial charge on any atom is -0.464 e. The van der Waals surface area contributed by atoms with Gasteiger partial charge >= 0.3 is 5.97 Å². The van der Waals surface area contributed by atoms with Crippen LogP contribution in [-0.2, 0) is 11.3 Å². The lowest BCUT2D eigenvalue weighted by molar-refractivity contribution is 0.0592. The van der Waals surface area contributed by atoms with Crippen LogP contribution in [0.5, 0.6) is 0 Å². The number of benzene rings is 1. The van der Waals surface area contributed by atoms with Crippen molar-refractivity contribution in [3.8, 4) is 0 Å². The Balaban J connectivity index is 2.43. The van der Waals surface area contributed by atoms with Crippen molar-refractivity contribution < 1.29 is 18.3 Å². The van der Waals surface area contributed by atoms with E-state index in [0.717, 1.165) is 6.07 Å². The standard InChI is InChI=1S/C14H15F2N3O2/c1-8(2)13-12(14(20)21-3)17-18-19(13)7-9-5-4-6-10(15)11(9)16/h4-6,8H,7H2,1-3H3. The first-order valence-corrected chi connectivity index (χ1v) is 6.40. The number of hydrogen-bond donors (Lipinski definition) is 0. The van der Waals surface area contributed by atoms with Gasteiger partial charge in [0.1, 0.15) is 0 Å². The molecule has 5 nitrogen and oxygen atoms in total. The van der Waals surface area contributed by atoms with Crippen molar-refractivity contribution in [3.63, 3.8) is 0 Å². The molecule has 0 saturated carbocycles. The van der Waals surface area contributed by atoms with Crippen molar-refractivity contribution >= 4 is 5.97 Å². The van der Waals surface area contributed by atoms with Crippen LogP contribution in [0.2, 0.25) is 0 Å². The van der Waals surface area contributed by atoms with Gasteiger partial charge in [-0.1, -0.05) is 31.2 Å². The van der Waals surface area contributed by atoms with E-state index in [4.69, 9.17) is 0 Å². The number of carbonyl (C=O) groups is 1. The Bertz CT molecular complexity index is 668. The number of carbonyl (C=O) groups excluding carboxylic acids is 1. The number of rotatable bonds is 4. The highest BCUT2D eigenvalue weighted by Gasteiger charge is 2.23. The monoisotopic (exact) mass is 295 g/mol. The lowest BCUT2D eigenvalue weighted by Gasteiger charge is -2.11. The van der Waals surface area contributed by atoms with Crippen LogP contribution in [0.1, 0.15) is 41.5 Å². The van der Waals surface area contributed by atoms with Crippen LogP contribution in [0, 0.1) is 11.6 Å². The lowest BCUT2D eigenvalue weighted by Crippen LogP contribution is -2.13. The van der Waals surface area contributed by atoms with Crippen LogP contribution in [-0.4, -0.2) is 28.1 Å². The maximum absolute atomic E-state index is 13.7. The summed E-state index contributed by atoms with van der Waals surface area (Å²) < 4.78 is 33.0. The molecule has 2 aromatic rings. The van der Waals surface area contributed by atoms with Crippen molar-refractivity contribution in [3.05, 3.63) is 46.8 Å². The van der Waals surface area contributed by atoms with E-state index in [1.54, 1.807) is 0 Å². The molecule has 1 aromatic heterocycles. The van der Waals surface area contributed by atoms with Gasteiger partial charge in [0.25, 0.3) is 0 Å². The molecule has 0 spiro atoms. The molecule has 0 aliphatic heterocycles. The maximum Gasteiger partial charge on any atom is 0.360 e. The van der Waals surface area contributed by atoms with Gasteiger partial charge in [-0.2, -0.15) is 0 Å². The second-order valence-electron chi connectivity index (χ2n) is 4.84. The molecule has 0 aliphatic carbocycles. The molecule has 112 valence electrons. The molecule has 0 fully saturated rings. The highest BCUT2D eigenvalue weighted by atomic mass is 19.2. The first kappa shape index (κ1) is 15.1.